The van der Waals surface area contributed by atoms with Crippen LogP contribution in [0, 0.1) is 5.92 Å². The van der Waals surface area contributed by atoms with Crippen molar-refractivity contribution in [3.8, 4) is 5.88 Å². The summed E-state index contributed by atoms with van der Waals surface area (Å²) in [6.07, 6.45) is 4.12. The Labute approximate surface area is 98.4 Å². The van der Waals surface area contributed by atoms with Crippen LogP contribution in [0.25, 0.3) is 0 Å². The summed E-state index contributed by atoms with van der Waals surface area (Å²) in [5, 5.41) is 3.35. The van der Waals surface area contributed by atoms with E-state index in [1.165, 1.54) is 6.42 Å². The van der Waals surface area contributed by atoms with Crippen LogP contribution in [0.3, 0.4) is 0 Å². The molecule has 2 rings (SSSR count). The van der Waals surface area contributed by atoms with E-state index in [-0.39, 0.29) is 0 Å². The highest BCUT2D eigenvalue weighted by atomic mass is 79.9. The third-order valence-corrected chi connectivity index (χ3v) is 3.26. The standard InChI is InChI=1S/C11H15BrN2O/c12-10-2-1-5-14-11(10)15-7-4-9-3-6-13-8-9/h1-2,5,9,13H,3-4,6-8H2. The monoisotopic (exact) mass is 270 g/mol. The molecule has 1 aliphatic heterocycles. The van der Waals surface area contributed by atoms with Gasteiger partial charge in [-0.1, -0.05) is 0 Å². The fraction of sp³-hybridized carbons (Fsp3) is 0.545. The van der Waals surface area contributed by atoms with Gasteiger partial charge in [-0.2, -0.15) is 0 Å². The van der Waals surface area contributed by atoms with Gasteiger partial charge >= 0.3 is 0 Å². The van der Waals surface area contributed by atoms with Crippen LogP contribution in [0.4, 0.5) is 0 Å². The highest BCUT2D eigenvalue weighted by molar-refractivity contribution is 9.10. The number of halogens is 1. The van der Waals surface area contributed by atoms with E-state index in [1.54, 1.807) is 6.20 Å². The molecule has 0 aliphatic carbocycles. The van der Waals surface area contributed by atoms with Crippen molar-refractivity contribution in [1.82, 2.24) is 10.3 Å². The van der Waals surface area contributed by atoms with Crippen LogP contribution in [-0.4, -0.2) is 24.7 Å². The molecule has 0 spiro atoms. The van der Waals surface area contributed by atoms with Gasteiger partial charge in [0.05, 0.1) is 11.1 Å². The van der Waals surface area contributed by atoms with Crippen LogP contribution in [-0.2, 0) is 0 Å². The van der Waals surface area contributed by atoms with Gasteiger partial charge in [0.25, 0.3) is 0 Å². The van der Waals surface area contributed by atoms with Gasteiger partial charge in [-0.15, -0.1) is 0 Å². The molecule has 0 bridgehead atoms. The lowest BCUT2D eigenvalue weighted by molar-refractivity contribution is 0.272. The van der Waals surface area contributed by atoms with Crippen LogP contribution in [0.5, 0.6) is 5.88 Å². The fourth-order valence-corrected chi connectivity index (χ4v) is 2.13. The molecule has 1 aromatic heterocycles. The zero-order valence-electron chi connectivity index (χ0n) is 8.58. The molecule has 1 atom stereocenters. The zero-order chi connectivity index (χ0) is 10.5. The molecule has 1 unspecified atom stereocenters. The van der Waals surface area contributed by atoms with E-state index in [0.717, 1.165) is 36.5 Å². The fourth-order valence-electron chi connectivity index (χ4n) is 1.76. The Kier molecular flexibility index (Phi) is 3.97. The summed E-state index contributed by atoms with van der Waals surface area (Å²) in [6.45, 7) is 3.03. The number of nitrogens with one attached hydrogen (secondary N) is 1. The lowest BCUT2D eigenvalue weighted by atomic mass is 10.1. The van der Waals surface area contributed by atoms with Crippen LogP contribution in [0.1, 0.15) is 12.8 Å². The number of aromatic nitrogens is 1. The van der Waals surface area contributed by atoms with Gasteiger partial charge in [0, 0.05) is 6.20 Å². The Balaban J connectivity index is 1.75. The molecule has 0 radical (unpaired) electrons. The van der Waals surface area contributed by atoms with E-state index < -0.39 is 0 Å². The third kappa shape index (κ3) is 3.18. The number of hydrogen-bond donors (Lipinski definition) is 1. The molecule has 1 aromatic rings. The summed E-state index contributed by atoms with van der Waals surface area (Å²) >= 11 is 3.41. The zero-order valence-corrected chi connectivity index (χ0v) is 10.2. The van der Waals surface area contributed by atoms with E-state index in [0.29, 0.717) is 5.88 Å². The van der Waals surface area contributed by atoms with Crippen LogP contribution >= 0.6 is 15.9 Å². The summed E-state index contributed by atoms with van der Waals surface area (Å²) in [7, 11) is 0. The van der Waals surface area contributed by atoms with E-state index in [4.69, 9.17) is 4.74 Å². The molecule has 15 heavy (non-hydrogen) atoms. The van der Waals surface area contributed by atoms with Gasteiger partial charge < -0.3 is 10.1 Å². The van der Waals surface area contributed by atoms with E-state index in [2.05, 4.69) is 26.2 Å². The van der Waals surface area contributed by atoms with Crippen molar-refractivity contribution in [2.75, 3.05) is 19.7 Å². The average molecular weight is 271 g/mol. The minimum absolute atomic E-state index is 0.698. The maximum absolute atomic E-state index is 5.61. The van der Waals surface area contributed by atoms with Gasteiger partial charge in [0.2, 0.25) is 5.88 Å². The molecule has 0 saturated carbocycles. The molecule has 0 aromatic carbocycles. The molecule has 1 N–H and O–H groups in total. The molecule has 3 nitrogen and oxygen atoms in total. The maximum atomic E-state index is 5.61. The second kappa shape index (κ2) is 5.47. The second-order valence-electron chi connectivity index (χ2n) is 3.79. The Bertz CT molecular complexity index is 313. The minimum Gasteiger partial charge on any atom is -0.477 e. The van der Waals surface area contributed by atoms with Crippen molar-refractivity contribution in [2.24, 2.45) is 5.92 Å². The number of hydrogen-bond acceptors (Lipinski definition) is 3. The van der Waals surface area contributed by atoms with Crippen molar-refractivity contribution in [1.29, 1.82) is 0 Å². The summed E-state index contributed by atoms with van der Waals surface area (Å²) in [5.74, 6) is 1.47. The second-order valence-corrected chi connectivity index (χ2v) is 4.64. The van der Waals surface area contributed by atoms with Crippen molar-refractivity contribution < 1.29 is 4.74 Å². The molecule has 2 heterocycles. The van der Waals surface area contributed by atoms with Crippen LogP contribution < -0.4 is 10.1 Å². The first-order chi connectivity index (χ1) is 7.36. The van der Waals surface area contributed by atoms with Gasteiger partial charge in [0.1, 0.15) is 0 Å². The summed E-state index contributed by atoms with van der Waals surface area (Å²) in [5.41, 5.74) is 0. The van der Waals surface area contributed by atoms with Gasteiger partial charge in [-0.3, -0.25) is 0 Å². The van der Waals surface area contributed by atoms with Gasteiger partial charge in [0.15, 0.2) is 0 Å². The molecule has 1 saturated heterocycles. The minimum atomic E-state index is 0.698. The van der Waals surface area contributed by atoms with E-state index in [9.17, 15) is 0 Å². The van der Waals surface area contributed by atoms with Gasteiger partial charge in [-0.25, -0.2) is 4.98 Å². The topological polar surface area (TPSA) is 34.1 Å². The highest BCUT2D eigenvalue weighted by Gasteiger charge is 2.14. The first-order valence-electron chi connectivity index (χ1n) is 5.30. The molecule has 4 heteroatoms. The van der Waals surface area contributed by atoms with Crippen LogP contribution in [0.2, 0.25) is 0 Å². The first-order valence-corrected chi connectivity index (χ1v) is 6.09. The molecule has 0 amide bonds. The smallest absolute Gasteiger partial charge is 0.227 e. The maximum Gasteiger partial charge on any atom is 0.227 e. The lowest BCUT2D eigenvalue weighted by Crippen LogP contribution is -2.12. The predicted molar refractivity (Wildman–Crippen MR) is 63.0 cm³/mol. The van der Waals surface area contributed by atoms with Gasteiger partial charge in [-0.05, 0) is 59.9 Å². The average Bonchev–Trinajstić information content (AvgIpc) is 2.74. The van der Waals surface area contributed by atoms with Crippen molar-refractivity contribution >= 4 is 15.9 Å². The van der Waals surface area contributed by atoms with Crippen LogP contribution in [0.15, 0.2) is 22.8 Å². The number of rotatable bonds is 4. The molecule has 1 fully saturated rings. The first kappa shape index (κ1) is 10.9. The Morgan fingerprint density at radius 1 is 1.60 bits per heavy atom. The predicted octanol–water partition coefficient (Wildman–Crippen LogP) is 2.22. The molecule has 1 aliphatic rings. The SMILES string of the molecule is Brc1cccnc1OCCC1CCNC1. The Morgan fingerprint density at radius 3 is 3.27 bits per heavy atom. The Morgan fingerprint density at radius 2 is 2.53 bits per heavy atom. The van der Waals surface area contributed by atoms with E-state index in [1.807, 2.05) is 12.1 Å². The normalized spacial score (nSPS) is 20.5. The summed E-state index contributed by atoms with van der Waals surface area (Å²) < 4.78 is 6.54. The largest absolute Gasteiger partial charge is 0.477 e. The highest BCUT2D eigenvalue weighted by Crippen LogP contribution is 2.21. The summed E-state index contributed by atoms with van der Waals surface area (Å²) in [4.78, 5) is 4.16. The number of nitrogens with zero attached hydrogens (tertiary/aromatic N) is 1. The van der Waals surface area contributed by atoms with E-state index >= 15 is 0 Å². The Hall–Kier alpha value is -0.610. The number of pyridine rings is 1. The van der Waals surface area contributed by atoms with Crippen molar-refractivity contribution in [3.63, 3.8) is 0 Å². The molecule has 82 valence electrons. The quantitative estimate of drug-likeness (QED) is 0.911. The molecular weight excluding hydrogens is 256 g/mol. The third-order valence-electron chi connectivity index (χ3n) is 2.65. The van der Waals surface area contributed by atoms with Crippen molar-refractivity contribution in [2.45, 2.75) is 12.8 Å². The van der Waals surface area contributed by atoms with Crippen molar-refractivity contribution in [3.05, 3.63) is 22.8 Å². The summed E-state index contributed by atoms with van der Waals surface area (Å²) in [6, 6.07) is 3.83. The lowest BCUT2D eigenvalue weighted by Gasteiger charge is -2.09. The number of ether oxygens (including phenoxy) is 1. The molecular formula is C11H15BrN2O.